The third-order valence-corrected chi connectivity index (χ3v) is 8.63. The van der Waals surface area contributed by atoms with Crippen molar-refractivity contribution in [3.63, 3.8) is 0 Å². The van der Waals surface area contributed by atoms with E-state index in [1.54, 1.807) is 11.8 Å². The van der Waals surface area contributed by atoms with Gasteiger partial charge in [-0.05, 0) is 80.1 Å². The summed E-state index contributed by atoms with van der Waals surface area (Å²) >= 11 is 1.59. The average Bonchev–Trinajstić information content (AvgIpc) is 3.21. The quantitative estimate of drug-likeness (QED) is 0.672. The van der Waals surface area contributed by atoms with E-state index in [2.05, 4.69) is 12.2 Å². The van der Waals surface area contributed by atoms with Gasteiger partial charge in [0.2, 0.25) is 0 Å². The van der Waals surface area contributed by atoms with Gasteiger partial charge in [-0.15, -0.1) is 11.8 Å². The van der Waals surface area contributed by atoms with Crippen molar-refractivity contribution < 1.29 is 14.7 Å². The van der Waals surface area contributed by atoms with Crippen molar-refractivity contribution in [2.75, 3.05) is 23.7 Å². The molecule has 1 unspecified atom stereocenters. The fraction of sp³-hybridized carbons (Fsp3) is 0.696. The largest absolute Gasteiger partial charge is 0.481 e. The van der Waals surface area contributed by atoms with Gasteiger partial charge in [0.25, 0.3) is 5.91 Å². The van der Waals surface area contributed by atoms with Crippen LogP contribution in [-0.2, 0) is 4.79 Å². The number of pyridine rings is 1. The number of hydrogen-bond donors (Lipinski definition) is 2. The summed E-state index contributed by atoms with van der Waals surface area (Å²) in [6.45, 7) is 3.24. The van der Waals surface area contributed by atoms with E-state index in [4.69, 9.17) is 4.98 Å². The van der Waals surface area contributed by atoms with Gasteiger partial charge in [0, 0.05) is 19.1 Å². The molecule has 1 saturated heterocycles. The monoisotopic (exact) mass is 429 g/mol. The molecule has 30 heavy (non-hydrogen) atoms. The summed E-state index contributed by atoms with van der Waals surface area (Å²) in [6, 6.07) is 4.09. The van der Waals surface area contributed by atoms with E-state index in [1.807, 2.05) is 17.0 Å². The zero-order valence-corrected chi connectivity index (χ0v) is 18.4. The number of anilines is 1. The minimum Gasteiger partial charge on any atom is -0.481 e. The molecule has 5 aliphatic rings. The highest BCUT2D eigenvalue weighted by Crippen LogP contribution is 2.53. The van der Waals surface area contributed by atoms with E-state index in [1.165, 1.54) is 32.1 Å². The van der Waals surface area contributed by atoms with E-state index >= 15 is 0 Å². The fourth-order valence-corrected chi connectivity index (χ4v) is 7.33. The van der Waals surface area contributed by atoms with Crippen LogP contribution in [0.3, 0.4) is 0 Å². The van der Waals surface area contributed by atoms with Crippen LogP contribution < -0.4 is 10.2 Å². The van der Waals surface area contributed by atoms with Crippen molar-refractivity contribution in [2.45, 2.75) is 56.5 Å². The van der Waals surface area contributed by atoms with Crippen molar-refractivity contribution in [3.8, 4) is 0 Å². The predicted molar refractivity (Wildman–Crippen MR) is 117 cm³/mol. The van der Waals surface area contributed by atoms with Crippen molar-refractivity contribution in [2.24, 2.45) is 29.6 Å². The molecule has 1 atom stereocenters. The van der Waals surface area contributed by atoms with Crippen LogP contribution in [0.25, 0.3) is 0 Å². The number of hydrogen-bond acceptors (Lipinski definition) is 5. The first-order chi connectivity index (χ1) is 14.5. The maximum atomic E-state index is 13.3. The topological polar surface area (TPSA) is 82.5 Å². The second-order valence-corrected chi connectivity index (χ2v) is 10.9. The summed E-state index contributed by atoms with van der Waals surface area (Å²) < 4.78 is 0. The average molecular weight is 430 g/mol. The number of amides is 1. The molecule has 2 heterocycles. The summed E-state index contributed by atoms with van der Waals surface area (Å²) in [5, 5.41) is 13.4. The lowest BCUT2D eigenvalue weighted by Gasteiger charge is -2.54. The maximum Gasteiger partial charge on any atom is 0.308 e. The number of aliphatic carboxylic acids is 1. The van der Waals surface area contributed by atoms with Crippen molar-refractivity contribution >= 4 is 29.5 Å². The summed E-state index contributed by atoms with van der Waals surface area (Å²) in [6.07, 6.45) is 7.19. The van der Waals surface area contributed by atoms with Crippen LogP contribution in [0.1, 0.15) is 55.8 Å². The van der Waals surface area contributed by atoms with Crippen LogP contribution in [0.5, 0.6) is 0 Å². The maximum absolute atomic E-state index is 13.3. The number of carbonyl (C=O) groups excluding carboxylic acids is 1. The lowest BCUT2D eigenvalue weighted by atomic mass is 9.54. The molecular formula is C23H31N3O3S. The zero-order chi connectivity index (χ0) is 20.8. The third kappa shape index (κ3) is 3.70. The van der Waals surface area contributed by atoms with Crippen molar-refractivity contribution in [3.05, 3.63) is 17.7 Å². The SMILES string of the molecule is CCSc1nc(N2CCC(C(=O)O)C2)ccc1C(=O)NC1C2CC3CC(C2)CC1C3. The standard InChI is InChI=1S/C23H31N3O3S/c1-2-30-22-18(3-4-19(24-22)26-6-5-15(12-26)23(28)29)21(27)25-20-16-8-13-7-14(10-16)11-17(20)9-13/h3-4,13-17,20H,2,5-12H2,1H3,(H,25,27)(H,28,29). The fourth-order valence-electron chi connectivity index (χ4n) is 6.59. The molecule has 7 heteroatoms. The first kappa shape index (κ1) is 20.2. The second kappa shape index (κ2) is 8.06. The van der Waals surface area contributed by atoms with Crippen LogP contribution in [0.4, 0.5) is 5.82 Å². The number of rotatable bonds is 6. The molecule has 1 aromatic heterocycles. The molecule has 0 aromatic carbocycles. The first-order valence-corrected chi connectivity index (χ1v) is 12.4. The van der Waals surface area contributed by atoms with Gasteiger partial charge in [-0.25, -0.2) is 4.98 Å². The number of aromatic nitrogens is 1. The Hall–Kier alpha value is -1.76. The Morgan fingerprint density at radius 1 is 1.17 bits per heavy atom. The highest BCUT2D eigenvalue weighted by molar-refractivity contribution is 7.99. The van der Waals surface area contributed by atoms with E-state index < -0.39 is 5.97 Å². The smallest absolute Gasteiger partial charge is 0.308 e. The minimum absolute atomic E-state index is 0.00677. The Labute approximate surface area is 182 Å². The molecule has 5 fully saturated rings. The van der Waals surface area contributed by atoms with Gasteiger partial charge < -0.3 is 15.3 Å². The Balaban J connectivity index is 1.32. The van der Waals surface area contributed by atoms with Crippen LogP contribution in [0, 0.1) is 29.6 Å². The predicted octanol–water partition coefficient (Wildman–Crippen LogP) is 3.66. The van der Waals surface area contributed by atoms with Crippen LogP contribution >= 0.6 is 11.8 Å². The van der Waals surface area contributed by atoms with E-state index in [0.29, 0.717) is 43.0 Å². The molecule has 0 spiro atoms. The summed E-state index contributed by atoms with van der Waals surface area (Å²) in [5.41, 5.74) is 0.661. The van der Waals surface area contributed by atoms with E-state index in [9.17, 15) is 14.7 Å². The number of nitrogens with zero attached hydrogens (tertiary/aromatic N) is 2. The molecule has 162 valence electrons. The Morgan fingerprint density at radius 3 is 2.47 bits per heavy atom. The molecule has 2 N–H and O–H groups in total. The van der Waals surface area contributed by atoms with Crippen molar-refractivity contribution in [1.82, 2.24) is 10.3 Å². The van der Waals surface area contributed by atoms with Gasteiger partial charge in [-0.2, -0.15) is 0 Å². The Bertz CT molecular complexity index is 817. The van der Waals surface area contributed by atoms with Crippen LogP contribution in [-0.4, -0.2) is 46.9 Å². The minimum atomic E-state index is -0.743. The number of nitrogens with one attached hydrogen (secondary N) is 1. The Kier molecular flexibility index (Phi) is 5.42. The zero-order valence-electron chi connectivity index (χ0n) is 17.5. The molecule has 1 aromatic rings. The normalized spacial score (nSPS) is 34.4. The number of carboxylic acids is 1. The summed E-state index contributed by atoms with van der Waals surface area (Å²) in [5.74, 6) is 3.63. The summed E-state index contributed by atoms with van der Waals surface area (Å²) in [4.78, 5) is 31.3. The van der Waals surface area contributed by atoms with E-state index in [-0.39, 0.29) is 11.8 Å². The lowest BCUT2D eigenvalue weighted by molar-refractivity contribution is -0.140. The molecule has 6 rings (SSSR count). The van der Waals surface area contributed by atoms with Gasteiger partial charge in [-0.1, -0.05) is 6.92 Å². The third-order valence-electron chi connectivity index (χ3n) is 7.76. The molecule has 0 radical (unpaired) electrons. The summed E-state index contributed by atoms with van der Waals surface area (Å²) in [7, 11) is 0. The molecule has 1 aliphatic heterocycles. The Morgan fingerprint density at radius 2 is 1.87 bits per heavy atom. The molecule has 4 saturated carbocycles. The highest BCUT2D eigenvalue weighted by Gasteiger charge is 2.48. The second-order valence-electron chi connectivity index (χ2n) is 9.65. The van der Waals surface area contributed by atoms with Gasteiger partial charge in [0.1, 0.15) is 10.8 Å². The van der Waals surface area contributed by atoms with Gasteiger partial charge >= 0.3 is 5.97 Å². The first-order valence-electron chi connectivity index (χ1n) is 11.4. The molecule has 4 aliphatic carbocycles. The highest BCUT2D eigenvalue weighted by atomic mass is 32.2. The number of thioether (sulfide) groups is 1. The van der Waals surface area contributed by atoms with E-state index in [0.717, 1.165) is 28.4 Å². The number of carboxylic acid groups (broad SMARTS) is 1. The van der Waals surface area contributed by atoms with Crippen LogP contribution in [0.15, 0.2) is 17.2 Å². The van der Waals surface area contributed by atoms with Crippen molar-refractivity contribution in [1.29, 1.82) is 0 Å². The van der Waals surface area contributed by atoms with Crippen LogP contribution in [0.2, 0.25) is 0 Å². The molecule has 6 nitrogen and oxygen atoms in total. The van der Waals surface area contributed by atoms with Gasteiger partial charge in [0.05, 0.1) is 11.5 Å². The van der Waals surface area contributed by atoms with Gasteiger partial charge in [-0.3, -0.25) is 9.59 Å². The van der Waals surface area contributed by atoms with Gasteiger partial charge in [0.15, 0.2) is 0 Å². The molecule has 4 bridgehead atoms. The molecular weight excluding hydrogens is 398 g/mol. The molecule has 1 amide bonds. The number of carbonyl (C=O) groups is 2. The lowest BCUT2D eigenvalue weighted by Crippen LogP contribution is -2.55.